The molecule has 1 aromatic rings. The number of hydrogen-bond acceptors (Lipinski definition) is 3. The largest absolute Gasteiger partial charge is 0.504 e. The predicted molar refractivity (Wildman–Crippen MR) is 59.0 cm³/mol. The average Bonchev–Trinajstić information content (AvgIpc) is 2.23. The quantitative estimate of drug-likeness (QED) is 0.683. The van der Waals surface area contributed by atoms with Crippen LogP contribution in [0.4, 0.5) is 5.69 Å². The highest BCUT2D eigenvalue weighted by Gasteiger charge is 2.20. The molecule has 0 saturated carbocycles. The Bertz CT molecular complexity index is 388. The van der Waals surface area contributed by atoms with E-state index in [2.05, 4.69) is 5.32 Å². The Morgan fingerprint density at radius 3 is 2.40 bits per heavy atom. The molecule has 0 saturated heterocycles. The number of amides is 1. The summed E-state index contributed by atoms with van der Waals surface area (Å²) in [5.41, 5.74) is 5.58. The van der Waals surface area contributed by atoms with E-state index in [4.69, 9.17) is 5.73 Å². The molecule has 4 N–H and O–H groups in total. The zero-order valence-corrected chi connectivity index (χ0v) is 9.46. The highest BCUT2D eigenvalue weighted by Crippen LogP contribution is 2.30. The van der Waals surface area contributed by atoms with E-state index in [0.717, 1.165) is 0 Å². The summed E-state index contributed by atoms with van der Waals surface area (Å²) in [5.74, 6) is -0.739. The maximum Gasteiger partial charge on any atom is 0.269 e. The lowest BCUT2D eigenvalue weighted by Crippen LogP contribution is -2.25. The maximum absolute atomic E-state index is 11.0. The van der Waals surface area contributed by atoms with Crippen LogP contribution in [0.1, 0.15) is 31.3 Å². The molecule has 1 amide bonds. The highest BCUT2D eigenvalue weighted by molar-refractivity contribution is 5.96. The van der Waals surface area contributed by atoms with Crippen LogP contribution >= 0.6 is 0 Å². The van der Waals surface area contributed by atoms with Crippen LogP contribution in [0.3, 0.4) is 0 Å². The van der Waals surface area contributed by atoms with Crippen molar-refractivity contribution < 1.29 is 9.90 Å². The Morgan fingerprint density at radius 1 is 1.53 bits per heavy atom. The fourth-order valence-corrected chi connectivity index (χ4v) is 1.40. The number of anilines is 1. The number of aromatic nitrogens is 1. The van der Waals surface area contributed by atoms with Gasteiger partial charge in [-0.05, 0) is 20.8 Å². The zero-order valence-electron chi connectivity index (χ0n) is 9.46. The minimum Gasteiger partial charge on any atom is -0.504 e. The molecular weight excluding hydrogens is 194 g/mol. The fourth-order valence-electron chi connectivity index (χ4n) is 1.40. The third-order valence-corrected chi connectivity index (χ3v) is 1.90. The van der Waals surface area contributed by atoms with Crippen molar-refractivity contribution in [1.29, 1.82) is 0 Å². The number of carbonyl (C=O) groups excluding carboxylic acids is 1. The van der Waals surface area contributed by atoms with Crippen LogP contribution in [0.15, 0.2) is 6.20 Å². The first-order valence-electron chi connectivity index (χ1n) is 4.68. The van der Waals surface area contributed by atoms with Crippen LogP contribution in [0.25, 0.3) is 0 Å². The summed E-state index contributed by atoms with van der Waals surface area (Å²) in [6, 6.07) is 0. The second-order valence-corrected chi connectivity index (χ2v) is 4.59. The summed E-state index contributed by atoms with van der Waals surface area (Å²) in [5, 5.41) is 12.8. The summed E-state index contributed by atoms with van der Waals surface area (Å²) >= 11 is 0. The average molecular weight is 211 g/mol. The lowest BCUT2D eigenvalue weighted by atomic mass is 10.1. The smallest absolute Gasteiger partial charge is 0.269 e. The minimum atomic E-state index is -0.642. The molecule has 0 aliphatic heterocycles. The topological polar surface area (TPSA) is 80.3 Å². The maximum atomic E-state index is 11.0. The van der Waals surface area contributed by atoms with E-state index in [9.17, 15) is 9.90 Å². The van der Waals surface area contributed by atoms with Gasteiger partial charge in [-0.25, -0.2) is 0 Å². The first-order chi connectivity index (χ1) is 6.72. The van der Waals surface area contributed by atoms with Crippen LogP contribution in [-0.2, 0) is 7.05 Å². The third kappa shape index (κ3) is 2.43. The molecule has 0 aliphatic rings. The molecule has 1 heterocycles. The van der Waals surface area contributed by atoms with Gasteiger partial charge in [0.1, 0.15) is 0 Å². The Labute approximate surface area is 88.9 Å². The van der Waals surface area contributed by atoms with Gasteiger partial charge in [0.05, 0.1) is 5.69 Å². The SMILES string of the molecule is Cn1cc(NC(C)(C)C)c(O)c1C(N)=O. The van der Waals surface area contributed by atoms with E-state index in [1.54, 1.807) is 13.2 Å². The van der Waals surface area contributed by atoms with Crippen molar-refractivity contribution in [3.05, 3.63) is 11.9 Å². The molecule has 0 unspecified atom stereocenters. The number of aryl methyl sites for hydroxylation is 1. The lowest BCUT2D eigenvalue weighted by Gasteiger charge is -2.21. The molecule has 0 aliphatic carbocycles. The van der Waals surface area contributed by atoms with Crippen molar-refractivity contribution in [2.45, 2.75) is 26.3 Å². The standard InChI is InChI=1S/C10H17N3O2/c1-10(2,3)12-6-5-13(4)7(8(6)14)9(11)15/h5,12,14H,1-4H3,(H2,11,15). The Morgan fingerprint density at radius 2 is 2.07 bits per heavy atom. The monoisotopic (exact) mass is 211 g/mol. The van der Waals surface area contributed by atoms with Gasteiger partial charge in [0.25, 0.3) is 5.91 Å². The first-order valence-corrected chi connectivity index (χ1v) is 4.68. The molecule has 0 radical (unpaired) electrons. The second kappa shape index (κ2) is 3.49. The van der Waals surface area contributed by atoms with Crippen LogP contribution in [0, 0.1) is 0 Å². The van der Waals surface area contributed by atoms with Gasteiger partial charge in [0.2, 0.25) is 0 Å². The fraction of sp³-hybridized carbons (Fsp3) is 0.500. The summed E-state index contributed by atoms with van der Waals surface area (Å²) in [7, 11) is 1.66. The number of nitrogens with zero attached hydrogens (tertiary/aromatic N) is 1. The predicted octanol–water partition coefficient (Wildman–Crippen LogP) is 1.04. The Kier molecular flexibility index (Phi) is 2.66. The van der Waals surface area contributed by atoms with E-state index in [-0.39, 0.29) is 17.0 Å². The number of primary amides is 1. The molecule has 0 aromatic carbocycles. The summed E-state index contributed by atoms with van der Waals surface area (Å²) in [6.45, 7) is 5.89. The second-order valence-electron chi connectivity index (χ2n) is 4.59. The molecule has 1 aromatic heterocycles. The van der Waals surface area contributed by atoms with Crippen LogP contribution < -0.4 is 11.1 Å². The van der Waals surface area contributed by atoms with Gasteiger partial charge in [0, 0.05) is 18.8 Å². The van der Waals surface area contributed by atoms with Gasteiger partial charge in [-0.2, -0.15) is 0 Å². The molecular formula is C10H17N3O2. The number of nitrogens with two attached hydrogens (primary N) is 1. The van der Waals surface area contributed by atoms with Crippen LogP contribution in [0.2, 0.25) is 0 Å². The van der Waals surface area contributed by atoms with Crippen molar-refractivity contribution in [2.75, 3.05) is 5.32 Å². The summed E-state index contributed by atoms with van der Waals surface area (Å²) in [6.07, 6.45) is 1.64. The van der Waals surface area contributed by atoms with E-state index in [0.29, 0.717) is 5.69 Å². The minimum absolute atomic E-state index is 0.0973. The van der Waals surface area contributed by atoms with Gasteiger partial charge in [-0.15, -0.1) is 0 Å². The molecule has 0 spiro atoms. The number of nitrogens with one attached hydrogen (secondary N) is 1. The van der Waals surface area contributed by atoms with E-state index in [1.807, 2.05) is 20.8 Å². The van der Waals surface area contributed by atoms with E-state index < -0.39 is 5.91 Å². The Hall–Kier alpha value is -1.65. The highest BCUT2D eigenvalue weighted by atomic mass is 16.3. The molecule has 1 rings (SSSR count). The molecule has 0 fully saturated rings. The van der Waals surface area contributed by atoms with Gasteiger partial charge in [0.15, 0.2) is 11.4 Å². The molecule has 84 valence electrons. The van der Waals surface area contributed by atoms with Gasteiger partial charge in [-0.3, -0.25) is 4.79 Å². The molecule has 5 nitrogen and oxygen atoms in total. The lowest BCUT2D eigenvalue weighted by molar-refractivity contribution is 0.0990. The van der Waals surface area contributed by atoms with Gasteiger partial charge in [-0.1, -0.05) is 0 Å². The molecule has 5 heteroatoms. The van der Waals surface area contributed by atoms with Crippen molar-refractivity contribution in [3.8, 4) is 5.75 Å². The molecule has 15 heavy (non-hydrogen) atoms. The van der Waals surface area contributed by atoms with Crippen molar-refractivity contribution >= 4 is 11.6 Å². The van der Waals surface area contributed by atoms with Crippen molar-refractivity contribution in [3.63, 3.8) is 0 Å². The first kappa shape index (κ1) is 11.4. The zero-order chi connectivity index (χ0) is 11.8. The van der Waals surface area contributed by atoms with Gasteiger partial charge < -0.3 is 20.7 Å². The van der Waals surface area contributed by atoms with E-state index >= 15 is 0 Å². The molecule has 0 bridgehead atoms. The van der Waals surface area contributed by atoms with Crippen molar-refractivity contribution in [2.24, 2.45) is 12.8 Å². The summed E-state index contributed by atoms with van der Waals surface area (Å²) in [4.78, 5) is 11.0. The van der Waals surface area contributed by atoms with Crippen molar-refractivity contribution in [1.82, 2.24) is 4.57 Å². The third-order valence-electron chi connectivity index (χ3n) is 1.90. The number of aromatic hydroxyl groups is 1. The van der Waals surface area contributed by atoms with E-state index in [1.165, 1.54) is 4.57 Å². The Balaban J connectivity index is 3.13. The number of carbonyl (C=O) groups is 1. The molecule has 0 atom stereocenters. The van der Waals surface area contributed by atoms with Gasteiger partial charge >= 0.3 is 0 Å². The normalized spacial score (nSPS) is 11.5. The number of hydrogen-bond donors (Lipinski definition) is 3. The number of rotatable bonds is 2. The van der Waals surface area contributed by atoms with Crippen LogP contribution in [-0.4, -0.2) is 21.1 Å². The summed E-state index contributed by atoms with van der Waals surface area (Å²) < 4.78 is 1.51. The van der Waals surface area contributed by atoms with Crippen LogP contribution in [0.5, 0.6) is 5.75 Å².